The Morgan fingerprint density at radius 3 is 2.67 bits per heavy atom. The lowest BCUT2D eigenvalue weighted by Crippen LogP contribution is -2.55. The summed E-state index contributed by atoms with van der Waals surface area (Å²) in [4.78, 5) is 2.70. The highest BCUT2D eigenvalue weighted by molar-refractivity contribution is 5.13. The van der Waals surface area contributed by atoms with E-state index in [0.29, 0.717) is 18.1 Å². The number of hydrogen-bond acceptors (Lipinski definition) is 3. The molecule has 3 atom stereocenters. The van der Waals surface area contributed by atoms with Gasteiger partial charge in [-0.05, 0) is 64.8 Å². The zero-order valence-corrected chi connectivity index (χ0v) is 14.2. The largest absolute Gasteiger partial charge is 0.298 e. The smallest absolute Gasteiger partial charge is 0.108 e. The van der Waals surface area contributed by atoms with Crippen molar-refractivity contribution in [3.05, 3.63) is 0 Å². The normalized spacial score (nSPS) is 31.1. The third kappa shape index (κ3) is 4.44. The summed E-state index contributed by atoms with van der Waals surface area (Å²) in [5, 5.41) is 13.4. The highest BCUT2D eigenvalue weighted by atomic mass is 15.2. The third-order valence-electron chi connectivity index (χ3n) is 5.39. The van der Waals surface area contributed by atoms with Gasteiger partial charge in [0.1, 0.15) is 5.54 Å². The van der Waals surface area contributed by atoms with Gasteiger partial charge in [0.2, 0.25) is 0 Å². The Morgan fingerprint density at radius 1 is 1.33 bits per heavy atom. The van der Waals surface area contributed by atoms with Gasteiger partial charge in [-0.2, -0.15) is 5.26 Å². The zero-order chi connectivity index (χ0) is 15.3. The van der Waals surface area contributed by atoms with E-state index in [1.807, 2.05) is 0 Å². The van der Waals surface area contributed by atoms with E-state index in [1.54, 1.807) is 0 Å². The molecule has 0 saturated heterocycles. The van der Waals surface area contributed by atoms with Crippen LogP contribution in [0.15, 0.2) is 0 Å². The standard InChI is InChI=1S/C18H33N3/c1-4-6-12-21(15(3)5-2)17-8-7-11-18(13-17,14-19)20-16-9-10-16/h15-17,20H,4-13H2,1-3H3. The molecule has 120 valence electrons. The average Bonchev–Trinajstić information content (AvgIpc) is 3.31. The fraction of sp³-hybridized carbons (Fsp3) is 0.944. The maximum absolute atomic E-state index is 9.76. The second-order valence-electron chi connectivity index (χ2n) is 7.21. The van der Waals surface area contributed by atoms with Crippen molar-refractivity contribution in [1.29, 1.82) is 5.26 Å². The maximum Gasteiger partial charge on any atom is 0.108 e. The summed E-state index contributed by atoms with van der Waals surface area (Å²) in [5.41, 5.74) is -0.248. The van der Waals surface area contributed by atoms with Crippen LogP contribution < -0.4 is 5.32 Å². The van der Waals surface area contributed by atoms with Gasteiger partial charge in [-0.1, -0.05) is 20.3 Å². The van der Waals surface area contributed by atoms with Crippen molar-refractivity contribution < 1.29 is 0 Å². The lowest BCUT2D eigenvalue weighted by molar-refractivity contribution is 0.0817. The molecule has 0 bridgehead atoms. The second-order valence-corrected chi connectivity index (χ2v) is 7.21. The van der Waals surface area contributed by atoms with Crippen LogP contribution in [0.2, 0.25) is 0 Å². The third-order valence-corrected chi connectivity index (χ3v) is 5.39. The summed E-state index contributed by atoms with van der Waals surface area (Å²) in [6, 6.07) is 4.50. The summed E-state index contributed by atoms with van der Waals surface area (Å²) < 4.78 is 0. The van der Waals surface area contributed by atoms with Crippen LogP contribution in [0.25, 0.3) is 0 Å². The summed E-state index contributed by atoms with van der Waals surface area (Å²) in [6.07, 6.45) is 10.8. The van der Waals surface area contributed by atoms with Gasteiger partial charge in [-0.15, -0.1) is 0 Å². The topological polar surface area (TPSA) is 39.1 Å². The van der Waals surface area contributed by atoms with E-state index >= 15 is 0 Å². The van der Waals surface area contributed by atoms with Gasteiger partial charge in [-0.25, -0.2) is 0 Å². The first-order valence-electron chi connectivity index (χ1n) is 9.08. The predicted octanol–water partition coefficient (Wildman–Crippen LogP) is 3.84. The van der Waals surface area contributed by atoms with Crippen molar-refractivity contribution in [3.8, 4) is 6.07 Å². The lowest BCUT2D eigenvalue weighted by atomic mass is 9.78. The predicted molar refractivity (Wildman–Crippen MR) is 88.1 cm³/mol. The first-order valence-corrected chi connectivity index (χ1v) is 9.08. The molecule has 2 aliphatic rings. The minimum Gasteiger partial charge on any atom is -0.298 e. The molecular weight excluding hydrogens is 258 g/mol. The summed E-state index contributed by atoms with van der Waals surface area (Å²) in [5.74, 6) is 0. The number of hydrogen-bond donors (Lipinski definition) is 1. The number of rotatable bonds is 8. The summed E-state index contributed by atoms with van der Waals surface area (Å²) >= 11 is 0. The molecule has 0 aromatic carbocycles. The van der Waals surface area contributed by atoms with E-state index in [9.17, 15) is 5.26 Å². The zero-order valence-electron chi connectivity index (χ0n) is 14.2. The van der Waals surface area contributed by atoms with E-state index in [2.05, 4.69) is 37.1 Å². The van der Waals surface area contributed by atoms with Crippen LogP contribution in [0.1, 0.15) is 78.6 Å². The van der Waals surface area contributed by atoms with Gasteiger partial charge in [0.25, 0.3) is 0 Å². The average molecular weight is 291 g/mol. The van der Waals surface area contributed by atoms with Crippen molar-refractivity contribution >= 4 is 0 Å². The molecule has 21 heavy (non-hydrogen) atoms. The molecule has 0 spiro atoms. The van der Waals surface area contributed by atoms with Gasteiger partial charge in [-0.3, -0.25) is 10.2 Å². The summed E-state index contributed by atoms with van der Waals surface area (Å²) in [6.45, 7) is 8.10. The number of unbranched alkanes of at least 4 members (excludes halogenated alkanes) is 1. The van der Waals surface area contributed by atoms with Crippen LogP contribution >= 0.6 is 0 Å². The number of nitrogens with one attached hydrogen (secondary N) is 1. The van der Waals surface area contributed by atoms with Crippen molar-refractivity contribution in [3.63, 3.8) is 0 Å². The van der Waals surface area contributed by atoms with Crippen LogP contribution in [0, 0.1) is 11.3 Å². The molecule has 0 aromatic heterocycles. The van der Waals surface area contributed by atoms with Crippen molar-refractivity contribution in [1.82, 2.24) is 10.2 Å². The van der Waals surface area contributed by atoms with E-state index in [0.717, 1.165) is 12.8 Å². The Labute approximate surface area is 131 Å². The SMILES string of the molecule is CCCCN(C(C)CC)C1CCCC(C#N)(NC2CC2)C1. The molecular formula is C18H33N3. The van der Waals surface area contributed by atoms with Crippen molar-refractivity contribution in [2.75, 3.05) is 6.54 Å². The Bertz CT molecular complexity index is 358. The van der Waals surface area contributed by atoms with Gasteiger partial charge in [0.05, 0.1) is 6.07 Å². The number of nitriles is 1. The molecule has 1 N–H and O–H groups in total. The Morgan fingerprint density at radius 2 is 2.10 bits per heavy atom. The highest BCUT2D eigenvalue weighted by Crippen LogP contribution is 2.35. The fourth-order valence-corrected chi connectivity index (χ4v) is 3.75. The monoisotopic (exact) mass is 291 g/mol. The van der Waals surface area contributed by atoms with Crippen LogP contribution in [-0.2, 0) is 0 Å². The second kappa shape index (κ2) is 7.61. The molecule has 2 rings (SSSR count). The molecule has 3 nitrogen and oxygen atoms in total. The van der Waals surface area contributed by atoms with Crippen LogP contribution in [0.3, 0.4) is 0 Å². The molecule has 2 saturated carbocycles. The van der Waals surface area contributed by atoms with Crippen LogP contribution in [-0.4, -0.2) is 35.1 Å². The van der Waals surface area contributed by atoms with Crippen LogP contribution in [0.5, 0.6) is 0 Å². The molecule has 0 aromatic rings. The van der Waals surface area contributed by atoms with E-state index in [1.165, 1.54) is 51.5 Å². The van der Waals surface area contributed by atoms with E-state index in [-0.39, 0.29) is 5.54 Å². The minimum atomic E-state index is -0.248. The molecule has 0 heterocycles. The van der Waals surface area contributed by atoms with Gasteiger partial charge >= 0.3 is 0 Å². The van der Waals surface area contributed by atoms with E-state index < -0.39 is 0 Å². The van der Waals surface area contributed by atoms with E-state index in [4.69, 9.17) is 0 Å². The molecule has 3 unspecified atom stereocenters. The van der Waals surface area contributed by atoms with Crippen molar-refractivity contribution in [2.24, 2.45) is 0 Å². The molecule has 0 radical (unpaired) electrons. The van der Waals surface area contributed by atoms with Crippen molar-refractivity contribution in [2.45, 2.75) is 102 Å². The molecule has 2 fully saturated rings. The Kier molecular flexibility index (Phi) is 6.08. The summed E-state index contributed by atoms with van der Waals surface area (Å²) in [7, 11) is 0. The van der Waals surface area contributed by atoms with Gasteiger partial charge in [0, 0.05) is 18.1 Å². The fourth-order valence-electron chi connectivity index (χ4n) is 3.75. The highest BCUT2D eigenvalue weighted by Gasteiger charge is 2.42. The van der Waals surface area contributed by atoms with Gasteiger partial charge < -0.3 is 0 Å². The first kappa shape index (κ1) is 16.8. The minimum absolute atomic E-state index is 0.248. The van der Waals surface area contributed by atoms with Gasteiger partial charge in [0.15, 0.2) is 0 Å². The Balaban J connectivity index is 2.03. The molecule has 0 amide bonds. The quantitative estimate of drug-likeness (QED) is 0.738. The molecule has 2 aliphatic carbocycles. The number of nitrogens with zero attached hydrogens (tertiary/aromatic N) is 2. The molecule has 3 heteroatoms. The van der Waals surface area contributed by atoms with Crippen LogP contribution in [0.4, 0.5) is 0 Å². The molecule has 0 aliphatic heterocycles. The first-order chi connectivity index (χ1) is 10.1. The Hall–Kier alpha value is -0.590. The lowest BCUT2D eigenvalue weighted by Gasteiger charge is -2.44. The maximum atomic E-state index is 9.76.